The van der Waals surface area contributed by atoms with Crippen molar-refractivity contribution in [2.24, 2.45) is 0 Å². The van der Waals surface area contributed by atoms with E-state index in [0.717, 1.165) is 30.8 Å². The van der Waals surface area contributed by atoms with E-state index in [1.807, 2.05) is 0 Å². The van der Waals surface area contributed by atoms with E-state index < -0.39 is 0 Å². The fourth-order valence-corrected chi connectivity index (χ4v) is 2.67. The van der Waals surface area contributed by atoms with E-state index in [9.17, 15) is 0 Å². The monoisotopic (exact) mass is 305 g/mol. The minimum atomic E-state index is 0.282. The average Bonchev–Trinajstić information content (AvgIpc) is 2.83. The minimum Gasteiger partial charge on any atom is -0.344 e. The molecule has 0 radical (unpaired) electrons. The van der Waals surface area contributed by atoms with Crippen molar-refractivity contribution < 1.29 is 0 Å². The molecule has 2 rings (SSSR count). The quantitative estimate of drug-likeness (QED) is 0.787. The number of hydrogen-bond donors (Lipinski definition) is 2. The van der Waals surface area contributed by atoms with Gasteiger partial charge in [0, 0.05) is 19.0 Å². The highest BCUT2D eigenvalue weighted by atomic mass is 35.5. The van der Waals surface area contributed by atoms with Gasteiger partial charge in [0.25, 0.3) is 0 Å². The first kappa shape index (κ1) is 16.1. The van der Waals surface area contributed by atoms with Crippen LogP contribution in [0.1, 0.15) is 55.4 Å². The molecule has 0 aliphatic carbocycles. The summed E-state index contributed by atoms with van der Waals surface area (Å²) >= 11 is 6.20. The van der Waals surface area contributed by atoms with Crippen molar-refractivity contribution in [2.75, 3.05) is 0 Å². The van der Waals surface area contributed by atoms with Crippen LogP contribution in [-0.4, -0.2) is 9.97 Å². The van der Waals surface area contributed by atoms with Gasteiger partial charge in [-0.2, -0.15) is 0 Å². The maximum Gasteiger partial charge on any atom is 0.151 e. The molecule has 1 unspecified atom stereocenters. The summed E-state index contributed by atoms with van der Waals surface area (Å²) in [5, 5.41) is 4.10. The van der Waals surface area contributed by atoms with Crippen LogP contribution in [0.5, 0.6) is 0 Å². The van der Waals surface area contributed by atoms with Crippen molar-refractivity contribution in [2.45, 2.75) is 52.6 Å². The van der Waals surface area contributed by atoms with Crippen LogP contribution in [0, 0.1) is 6.92 Å². The standard InChI is InChI=1S/C17H24ClN3/c1-4-5-10-16-20-15(17(18)21-16)11-19-13(3)14-9-7-6-8-12(14)2/h6-9,13,19H,4-5,10-11H2,1-3H3,(H,20,21). The molecule has 0 spiro atoms. The number of halogens is 1. The van der Waals surface area contributed by atoms with Crippen molar-refractivity contribution >= 4 is 11.6 Å². The highest BCUT2D eigenvalue weighted by molar-refractivity contribution is 6.30. The lowest BCUT2D eigenvalue weighted by Crippen LogP contribution is -2.19. The number of rotatable bonds is 7. The fourth-order valence-electron chi connectivity index (χ4n) is 2.46. The Balaban J connectivity index is 1.96. The Labute approximate surface area is 132 Å². The lowest BCUT2D eigenvalue weighted by molar-refractivity contribution is 0.566. The maximum absolute atomic E-state index is 6.20. The molecule has 1 heterocycles. The number of imidazole rings is 1. The third kappa shape index (κ3) is 4.32. The van der Waals surface area contributed by atoms with Gasteiger partial charge in [0.15, 0.2) is 5.15 Å². The van der Waals surface area contributed by atoms with Gasteiger partial charge in [-0.1, -0.05) is 49.2 Å². The zero-order chi connectivity index (χ0) is 15.2. The van der Waals surface area contributed by atoms with E-state index in [4.69, 9.17) is 11.6 Å². The number of unbranched alkanes of at least 4 members (excludes halogenated alkanes) is 1. The molecule has 4 heteroatoms. The first-order valence-corrected chi connectivity index (χ1v) is 8.01. The zero-order valence-corrected chi connectivity index (χ0v) is 13.8. The molecule has 0 fully saturated rings. The molecule has 0 saturated carbocycles. The van der Waals surface area contributed by atoms with Gasteiger partial charge in [0.2, 0.25) is 0 Å². The van der Waals surface area contributed by atoms with E-state index in [-0.39, 0.29) is 6.04 Å². The molecule has 0 saturated heterocycles. The first-order valence-electron chi connectivity index (χ1n) is 7.64. The largest absolute Gasteiger partial charge is 0.344 e. The zero-order valence-electron chi connectivity index (χ0n) is 13.0. The van der Waals surface area contributed by atoms with Crippen LogP contribution in [-0.2, 0) is 13.0 Å². The fraction of sp³-hybridized carbons (Fsp3) is 0.471. The van der Waals surface area contributed by atoms with Gasteiger partial charge in [0.05, 0.1) is 5.69 Å². The molecule has 0 aliphatic heterocycles. The van der Waals surface area contributed by atoms with Gasteiger partial charge < -0.3 is 10.3 Å². The lowest BCUT2D eigenvalue weighted by Gasteiger charge is -2.16. The SMILES string of the molecule is CCCCc1nc(Cl)c(CNC(C)c2ccccc2C)[nH]1. The van der Waals surface area contributed by atoms with E-state index in [2.05, 4.69) is 60.3 Å². The van der Waals surface area contributed by atoms with Crippen molar-refractivity contribution in [1.29, 1.82) is 0 Å². The molecular formula is C17H24ClN3. The van der Waals surface area contributed by atoms with Crippen LogP contribution in [0.3, 0.4) is 0 Å². The summed E-state index contributed by atoms with van der Waals surface area (Å²) in [5.74, 6) is 0.988. The van der Waals surface area contributed by atoms with Crippen LogP contribution in [0.15, 0.2) is 24.3 Å². The third-order valence-corrected chi connectivity index (χ3v) is 4.10. The summed E-state index contributed by atoms with van der Waals surface area (Å²) in [4.78, 5) is 7.72. The number of aromatic nitrogens is 2. The summed E-state index contributed by atoms with van der Waals surface area (Å²) in [6.07, 6.45) is 3.26. The minimum absolute atomic E-state index is 0.282. The summed E-state index contributed by atoms with van der Waals surface area (Å²) in [6.45, 7) is 7.19. The van der Waals surface area contributed by atoms with Crippen LogP contribution >= 0.6 is 11.6 Å². The van der Waals surface area contributed by atoms with Gasteiger partial charge in [-0.3, -0.25) is 0 Å². The Bertz CT molecular complexity index is 577. The molecule has 0 amide bonds. The predicted octanol–water partition coefficient (Wildman–Crippen LogP) is 4.56. The van der Waals surface area contributed by atoms with Gasteiger partial charge in [-0.25, -0.2) is 4.98 Å². The molecular weight excluding hydrogens is 282 g/mol. The van der Waals surface area contributed by atoms with Gasteiger partial charge in [0.1, 0.15) is 5.82 Å². The highest BCUT2D eigenvalue weighted by Gasteiger charge is 2.11. The smallest absolute Gasteiger partial charge is 0.151 e. The maximum atomic E-state index is 6.20. The van der Waals surface area contributed by atoms with Gasteiger partial charge in [-0.05, 0) is 31.4 Å². The molecule has 0 aliphatic rings. The predicted molar refractivity (Wildman–Crippen MR) is 88.6 cm³/mol. The number of aryl methyl sites for hydroxylation is 2. The summed E-state index contributed by atoms with van der Waals surface area (Å²) in [5.41, 5.74) is 3.60. The van der Waals surface area contributed by atoms with Gasteiger partial charge in [-0.15, -0.1) is 0 Å². The normalized spacial score (nSPS) is 12.6. The third-order valence-electron chi connectivity index (χ3n) is 3.78. The number of aromatic amines is 1. The van der Waals surface area contributed by atoms with Crippen molar-refractivity contribution in [3.8, 4) is 0 Å². The Kier molecular flexibility index (Phi) is 5.83. The number of benzene rings is 1. The van der Waals surface area contributed by atoms with E-state index >= 15 is 0 Å². The second-order valence-electron chi connectivity index (χ2n) is 5.52. The van der Waals surface area contributed by atoms with Crippen LogP contribution in [0.25, 0.3) is 0 Å². The van der Waals surface area contributed by atoms with Crippen molar-refractivity contribution in [1.82, 2.24) is 15.3 Å². The second-order valence-corrected chi connectivity index (χ2v) is 5.87. The highest BCUT2D eigenvalue weighted by Crippen LogP contribution is 2.19. The molecule has 2 N–H and O–H groups in total. The van der Waals surface area contributed by atoms with Crippen molar-refractivity contribution in [3.05, 3.63) is 52.1 Å². The molecule has 0 bridgehead atoms. The topological polar surface area (TPSA) is 40.7 Å². The first-order chi connectivity index (χ1) is 10.1. The Morgan fingerprint density at radius 1 is 1.33 bits per heavy atom. The lowest BCUT2D eigenvalue weighted by atomic mass is 10.0. The molecule has 1 aromatic heterocycles. The Hall–Kier alpha value is -1.32. The summed E-state index contributed by atoms with van der Waals surface area (Å²) in [6, 6.07) is 8.72. The number of hydrogen-bond acceptors (Lipinski definition) is 2. The molecule has 1 atom stereocenters. The van der Waals surface area contributed by atoms with Crippen LogP contribution in [0.2, 0.25) is 5.15 Å². The molecule has 1 aromatic carbocycles. The molecule has 114 valence electrons. The Morgan fingerprint density at radius 3 is 2.81 bits per heavy atom. The van der Waals surface area contributed by atoms with E-state index in [1.54, 1.807) is 0 Å². The molecule has 21 heavy (non-hydrogen) atoms. The molecule has 2 aromatic rings. The summed E-state index contributed by atoms with van der Waals surface area (Å²) < 4.78 is 0. The number of nitrogens with zero attached hydrogens (tertiary/aromatic N) is 1. The number of nitrogens with one attached hydrogen (secondary N) is 2. The average molecular weight is 306 g/mol. The van der Waals surface area contributed by atoms with Crippen LogP contribution < -0.4 is 5.32 Å². The van der Waals surface area contributed by atoms with E-state index in [1.165, 1.54) is 11.1 Å². The van der Waals surface area contributed by atoms with E-state index in [0.29, 0.717) is 11.7 Å². The summed E-state index contributed by atoms with van der Waals surface area (Å²) in [7, 11) is 0. The Morgan fingerprint density at radius 2 is 2.10 bits per heavy atom. The second kappa shape index (κ2) is 7.62. The van der Waals surface area contributed by atoms with Crippen LogP contribution in [0.4, 0.5) is 0 Å². The van der Waals surface area contributed by atoms with Crippen molar-refractivity contribution in [3.63, 3.8) is 0 Å². The van der Waals surface area contributed by atoms with Gasteiger partial charge >= 0.3 is 0 Å². The molecule has 3 nitrogen and oxygen atoms in total. The number of H-pyrrole nitrogens is 1.